The molecule has 6 atom stereocenters. The summed E-state index contributed by atoms with van der Waals surface area (Å²) in [4.78, 5) is 100. The Labute approximate surface area is 436 Å². The van der Waals surface area contributed by atoms with E-state index in [9.17, 15) is 33.6 Å². The molecule has 71 heavy (non-hydrogen) atoms. The molecule has 2 fully saturated rings. The summed E-state index contributed by atoms with van der Waals surface area (Å²) in [6.45, 7) is 6.56. The highest BCUT2D eigenvalue weighted by Crippen LogP contribution is 2.39. The first-order valence-electron chi connectivity index (χ1n) is 25.3. The van der Waals surface area contributed by atoms with Gasteiger partial charge in [-0.15, -0.1) is 23.1 Å². The lowest BCUT2D eigenvalue weighted by Crippen LogP contribution is -2.53. The largest absolute Gasteiger partial charge is 0.456 e. The van der Waals surface area contributed by atoms with Gasteiger partial charge in [-0.3, -0.25) is 29.0 Å². The molecule has 6 rings (SSSR count). The van der Waals surface area contributed by atoms with Crippen LogP contribution in [0.4, 0.5) is 4.79 Å². The fraction of sp³-hybridized carbons (Fsp3) is 0.627. The number of ketones is 1. The Morgan fingerprint density at radius 2 is 1.61 bits per heavy atom. The van der Waals surface area contributed by atoms with Gasteiger partial charge in [0.05, 0.1) is 29.9 Å². The number of carbonyl (C=O) groups is 7. The molecule has 6 N–H and O–H groups in total. The molecule has 16 nitrogen and oxygen atoms in total. The molecule has 388 valence electrons. The van der Waals surface area contributed by atoms with Crippen LogP contribution >= 0.6 is 47.5 Å². The van der Waals surface area contributed by atoms with Gasteiger partial charge in [0, 0.05) is 55.5 Å². The highest BCUT2D eigenvalue weighted by Gasteiger charge is 2.44. The quantitative estimate of drug-likeness (QED) is 0.0177. The number of esters is 1. The Balaban J connectivity index is 0.873. The molecule has 2 aromatic rings. The molecule has 4 aliphatic rings. The van der Waals surface area contributed by atoms with Gasteiger partial charge in [0.2, 0.25) is 23.6 Å². The number of cyclic esters (lactones) is 1. The number of ether oxygens (including phenoxy) is 1. The summed E-state index contributed by atoms with van der Waals surface area (Å²) in [7, 11) is 0. The molecular formula is C51H72N8O8S4. The van der Waals surface area contributed by atoms with Gasteiger partial charge in [0.25, 0.3) is 0 Å². The van der Waals surface area contributed by atoms with E-state index in [1.165, 1.54) is 23.1 Å². The van der Waals surface area contributed by atoms with Crippen molar-refractivity contribution in [2.75, 3.05) is 23.8 Å². The lowest BCUT2D eigenvalue weighted by atomic mass is 10.00. The third kappa shape index (κ3) is 17.4. The summed E-state index contributed by atoms with van der Waals surface area (Å²) in [5.74, 6) is 0.601. The number of aliphatic imine (C=N–C) groups is 1. The SMILES string of the molecule is CC(C)[C@@H]1NC(=O)[C@]2(C)CSC(=N2)c2nc(sc2-c2ccc(CNC(=O)CCCCCCC(=O)CCCCCNC(=O)CCCCC3SC[C@@H]4NC(=O)N[C@H]34)cc2)CNC(=O)CC(/C=C/CCS)OC1=O. The first kappa shape index (κ1) is 55.9. The van der Waals surface area contributed by atoms with Crippen LogP contribution in [-0.4, -0.2) is 110 Å². The van der Waals surface area contributed by atoms with E-state index in [2.05, 4.69) is 44.5 Å². The number of urea groups is 1. The van der Waals surface area contributed by atoms with Crippen LogP contribution in [0.15, 0.2) is 41.4 Å². The third-order valence-electron chi connectivity index (χ3n) is 13.0. The molecule has 4 bridgehead atoms. The number of fused-ring (bicyclic) bond motifs is 5. The average Bonchev–Trinajstić information content (AvgIpc) is 4.14. The zero-order valence-electron chi connectivity index (χ0n) is 41.3. The van der Waals surface area contributed by atoms with E-state index in [1.54, 1.807) is 13.0 Å². The number of thiazole rings is 1. The van der Waals surface area contributed by atoms with Crippen molar-refractivity contribution in [2.24, 2.45) is 10.9 Å². The van der Waals surface area contributed by atoms with E-state index >= 15 is 0 Å². The number of hydrogen-bond acceptors (Lipinski definition) is 14. The summed E-state index contributed by atoms with van der Waals surface area (Å²) in [6, 6.07) is 7.29. The summed E-state index contributed by atoms with van der Waals surface area (Å²) >= 11 is 9.00. The normalized spacial score (nSPS) is 23.4. The van der Waals surface area contributed by atoms with E-state index in [-0.39, 0.29) is 60.5 Å². The van der Waals surface area contributed by atoms with Crippen molar-refractivity contribution in [3.8, 4) is 10.4 Å². The van der Waals surface area contributed by atoms with Gasteiger partial charge >= 0.3 is 12.0 Å². The highest BCUT2D eigenvalue weighted by molar-refractivity contribution is 8.14. The van der Waals surface area contributed by atoms with Crippen molar-refractivity contribution in [3.63, 3.8) is 0 Å². The summed E-state index contributed by atoms with van der Waals surface area (Å²) in [5, 5.41) is 19.5. The van der Waals surface area contributed by atoms with E-state index in [1.807, 2.05) is 56.0 Å². The van der Waals surface area contributed by atoms with Crippen LogP contribution < -0.4 is 31.9 Å². The van der Waals surface area contributed by atoms with E-state index < -0.39 is 29.6 Å². The van der Waals surface area contributed by atoms with Gasteiger partial charge in [-0.25, -0.2) is 14.6 Å². The van der Waals surface area contributed by atoms with Crippen molar-refractivity contribution in [3.05, 3.63) is 52.7 Å². The summed E-state index contributed by atoms with van der Waals surface area (Å²) in [5.41, 5.74) is 1.28. The molecule has 4 aliphatic heterocycles. The van der Waals surface area contributed by atoms with Crippen LogP contribution in [0.1, 0.15) is 140 Å². The standard InChI is InChI=1S/C51H72N8O8S4/c1-32(2)43-48(64)67-36(17-12-14-26-68)27-41(63)54-29-42-56-45(47-59-51(3,31-70-47)49(65)57-43)46(71-42)34-23-21-33(22-24-34)28-53-40(62)19-9-5-4-7-15-35(60)16-8-6-13-25-52-39(61)20-11-10-18-38-44-37(30-69-38)55-50(66)58-44/h12,17,21-24,32,36-38,43-44,68H,4-11,13-16,18-20,25-31H2,1-3H3,(H,52,61)(H,53,62)(H,54,63)(H,57,65)(H2,55,58,66)/b17-12+/t36?,37-,38?,43-,44-,51-/m0/s1. The number of carbonyl (C=O) groups excluding carboxylic acids is 7. The minimum atomic E-state index is -1.16. The number of thioether (sulfide) groups is 2. The first-order chi connectivity index (χ1) is 34.2. The maximum absolute atomic E-state index is 13.8. The zero-order chi connectivity index (χ0) is 50.8. The minimum absolute atomic E-state index is 0.0251. The number of unbranched alkanes of at least 4 members (excludes halogenated alkanes) is 6. The minimum Gasteiger partial charge on any atom is -0.456 e. The Morgan fingerprint density at radius 1 is 0.901 bits per heavy atom. The number of nitrogens with zero attached hydrogens (tertiary/aromatic N) is 2. The number of rotatable bonds is 25. The van der Waals surface area contributed by atoms with E-state index in [0.29, 0.717) is 77.7 Å². The second-order valence-corrected chi connectivity index (χ2v) is 23.1. The molecule has 0 saturated carbocycles. The predicted octanol–water partition coefficient (Wildman–Crippen LogP) is 6.94. The van der Waals surface area contributed by atoms with Gasteiger partial charge in [-0.2, -0.15) is 24.4 Å². The smallest absolute Gasteiger partial charge is 0.329 e. The Kier molecular flexibility index (Phi) is 22.2. The van der Waals surface area contributed by atoms with Crippen molar-refractivity contribution in [2.45, 2.75) is 172 Å². The molecule has 1 aromatic heterocycles. The van der Waals surface area contributed by atoms with Crippen molar-refractivity contribution in [1.82, 2.24) is 36.9 Å². The number of benzene rings is 1. The number of amides is 6. The van der Waals surface area contributed by atoms with Gasteiger partial charge in [0.15, 0.2) is 0 Å². The topological polar surface area (TPSA) is 226 Å². The maximum atomic E-state index is 13.8. The van der Waals surface area contributed by atoms with Crippen molar-refractivity contribution >= 4 is 93.9 Å². The Morgan fingerprint density at radius 3 is 2.34 bits per heavy atom. The monoisotopic (exact) mass is 1050 g/mol. The molecule has 6 amide bonds. The molecular weight excluding hydrogens is 981 g/mol. The fourth-order valence-corrected chi connectivity index (χ4v) is 12.7. The molecule has 20 heteroatoms. The first-order valence-corrected chi connectivity index (χ1v) is 28.8. The molecule has 2 unspecified atom stereocenters. The summed E-state index contributed by atoms with van der Waals surface area (Å²) < 4.78 is 5.80. The number of allylic oxidation sites excluding steroid dienone is 1. The lowest BCUT2D eigenvalue weighted by molar-refractivity contribution is -0.153. The van der Waals surface area contributed by atoms with E-state index in [0.717, 1.165) is 86.0 Å². The zero-order valence-corrected chi connectivity index (χ0v) is 44.7. The predicted molar refractivity (Wildman–Crippen MR) is 286 cm³/mol. The van der Waals surface area contributed by atoms with Gasteiger partial charge in [-0.1, -0.05) is 69.9 Å². The van der Waals surface area contributed by atoms with Crippen LogP contribution in [0.3, 0.4) is 0 Å². The van der Waals surface area contributed by atoms with Gasteiger partial charge in [0.1, 0.15) is 39.2 Å². The van der Waals surface area contributed by atoms with Crippen molar-refractivity contribution in [1.29, 1.82) is 0 Å². The average molecular weight is 1050 g/mol. The van der Waals surface area contributed by atoms with Gasteiger partial charge in [-0.05, 0) is 80.7 Å². The maximum Gasteiger partial charge on any atom is 0.329 e. The second kappa shape index (κ2) is 28.2. The molecule has 0 spiro atoms. The molecule has 0 radical (unpaired) electrons. The molecule has 0 aliphatic carbocycles. The lowest BCUT2D eigenvalue weighted by Gasteiger charge is -2.27. The molecule has 1 aromatic carbocycles. The second-order valence-electron chi connectivity index (χ2n) is 19.3. The number of hydrogen-bond donors (Lipinski definition) is 7. The molecule has 5 heterocycles. The van der Waals surface area contributed by atoms with Crippen LogP contribution in [0.25, 0.3) is 10.4 Å². The Bertz CT molecular complexity index is 2240. The number of Topliss-reactive ketones (excluding diaryl/α,β-unsaturated/α-hetero) is 1. The number of nitrogens with one attached hydrogen (secondary N) is 6. The van der Waals surface area contributed by atoms with E-state index in [4.69, 9.17) is 14.7 Å². The van der Waals surface area contributed by atoms with Crippen LogP contribution in [-0.2, 0) is 46.6 Å². The number of thiol groups is 1. The molecule has 2 saturated heterocycles. The number of aromatic nitrogens is 1. The van der Waals surface area contributed by atoms with Crippen LogP contribution in [0.2, 0.25) is 0 Å². The highest BCUT2D eigenvalue weighted by atomic mass is 32.2. The Hall–Kier alpha value is -4.40. The third-order valence-corrected chi connectivity index (χ3v) is 17.1. The van der Waals surface area contributed by atoms with Gasteiger partial charge < -0.3 is 36.6 Å². The van der Waals surface area contributed by atoms with Crippen LogP contribution in [0, 0.1) is 5.92 Å². The summed E-state index contributed by atoms with van der Waals surface area (Å²) in [6.07, 6.45) is 14.0. The van der Waals surface area contributed by atoms with Crippen molar-refractivity contribution < 1.29 is 38.3 Å². The van der Waals surface area contributed by atoms with Crippen LogP contribution in [0.5, 0.6) is 0 Å². The fourth-order valence-electron chi connectivity index (χ4n) is 8.80.